The van der Waals surface area contributed by atoms with Crippen molar-refractivity contribution in [1.82, 2.24) is 9.88 Å². The van der Waals surface area contributed by atoms with E-state index >= 15 is 0 Å². The Hall–Kier alpha value is -0.890. The van der Waals surface area contributed by atoms with Gasteiger partial charge in [0.25, 0.3) is 0 Å². The molecule has 0 amide bonds. The fraction of sp³-hybridized carbons (Fsp3) is 0.722. The predicted molar refractivity (Wildman–Crippen MR) is 89.8 cm³/mol. The second-order valence-electron chi connectivity index (χ2n) is 5.15. The first kappa shape index (κ1) is 19.1. The van der Waals surface area contributed by atoms with Gasteiger partial charge in [-0.25, -0.2) is 0 Å². The number of aromatic nitrogens is 1. The van der Waals surface area contributed by atoms with E-state index < -0.39 is 0 Å². The van der Waals surface area contributed by atoms with Gasteiger partial charge in [0.2, 0.25) is 0 Å². The standard InChI is InChI=1S/C14H22N2.2C2H6/c1-12-6-8-14(9-7-12)16(2)11-13-5-3-4-10-15-13;2*1-2/h3-5,10,12,14H,6-9,11H2,1-2H3;2*1-2H3. The molecule has 0 atom stereocenters. The van der Waals surface area contributed by atoms with Crippen molar-refractivity contribution in [2.75, 3.05) is 7.05 Å². The molecule has 1 heterocycles. The average molecular weight is 278 g/mol. The summed E-state index contributed by atoms with van der Waals surface area (Å²) in [4.78, 5) is 6.85. The van der Waals surface area contributed by atoms with Crippen LogP contribution in [0.3, 0.4) is 0 Å². The smallest absolute Gasteiger partial charge is 0.0543 e. The number of hydrogen-bond acceptors (Lipinski definition) is 2. The molecule has 0 aliphatic heterocycles. The molecule has 1 aliphatic rings. The van der Waals surface area contributed by atoms with E-state index in [1.165, 1.54) is 31.4 Å². The molecule has 116 valence electrons. The van der Waals surface area contributed by atoms with E-state index in [0.717, 1.165) is 18.5 Å². The molecule has 0 N–H and O–H groups in total. The Labute approximate surface area is 126 Å². The summed E-state index contributed by atoms with van der Waals surface area (Å²) in [5.74, 6) is 0.930. The van der Waals surface area contributed by atoms with Crippen LogP contribution in [0.4, 0.5) is 0 Å². The zero-order valence-corrected chi connectivity index (χ0v) is 14.4. The van der Waals surface area contributed by atoms with Crippen LogP contribution in [0.2, 0.25) is 0 Å². The lowest BCUT2D eigenvalue weighted by Crippen LogP contribution is -2.34. The van der Waals surface area contributed by atoms with Gasteiger partial charge in [0.1, 0.15) is 0 Å². The Morgan fingerprint density at radius 2 is 1.65 bits per heavy atom. The van der Waals surface area contributed by atoms with Crippen molar-refractivity contribution in [2.24, 2.45) is 5.92 Å². The van der Waals surface area contributed by atoms with E-state index in [9.17, 15) is 0 Å². The minimum Gasteiger partial charge on any atom is -0.298 e. The molecule has 1 aromatic rings. The molecule has 1 fully saturated rings. The van der Waals surface area contributed by atoms with Crippen LogP contribution in [0.5, 0.6) is 0 Å². The molecule has 2 heteroatoms. The fourth-order valence-corrected chi connectivity index (χ4v) is 2.56. The maximum Gasteiger partial charge on any atom is 0.0543 e. The van der Waals surface area contributed by atoms with Gasteiger partial charge in [0.15, 0.2) is 0 Å². The molecule has 2 rings (SSSR count). The lowest BCUT2D eigenvalue weighted by molar-refractivity contribution is 0.162. The molecule has 0 saturated heterocycles. The number of rotatable bonds is 3. The second kappa shape index (κ2) is 11.9. The summed E-state index contributed by atoms with van der Waals surface area (Å²) in [5, 5.41) is 0. The van der Waals surface area contributed by atoms with Gasteiger partial charge in [-0.2, -0.15) is 0 Å². The normalized spacial score (nSPS) is 21.4. The third-order valence-corrected chi connectivity index (χ3v) is 3.75. The SMILES string of the molecule is CC.CC.CC1CCC(N(C)Cc2ccccn2)CC1. The number of pyridine rings is 1. The quantitative estimate of drug-likeness (QED) is 0.760. The topological polar surface area (TPSA) is 16.1 Å². The van der Waals surface area contributed by atoms with Crippen LogP contribution in [0.15, 0.2) is 24.4 Å². The van der Waals surface area contributed by atoms with Crippen molar-refractivity contribution < 1.29 is 0 Å². The predicted octanol–water partition coefficient (Wildman–Crippen LogP) is 5.14. The van der Waals surface area contributed by atoms with E-state index in [2.05, 4.69) is 36.0 Å². The van der Waals surface area contributed by atoms with Crippen LogP contribution in [0, 0.1) is 5.92 Å². The van der Waals surface area contributed by atoms with Crippen LogP contribution in [0.1, 0.15) is 66.0 Å². The molecule has 1 aliphatic carbocycles. The first-order valence-electron chi connectivity index (χ1n) is 8.36. The fourth-order valence-electron chi connectivity index (χ4n) is 2.56. The highest BCUT2D eigenvalue weighted by Gasteiger charge is 2.21. The third kappa shape index (κ3) is 7.04. The molecule has 1 aromatic heterocycles. The van der Waals surface area contributed by atoms with Gasteiger partial charge in [0, 0.05) is 18.8 Å². The van der Waals surface area contributed by atoms with Crippen molar-refractivity contribution in [1.29, 1.82) is 0 Å². The maximum atomic E-state index is 4.39. The van der Waals surface area contributed by atoms with Crippen molar-refractivity contribution in [3.8, 4) is 0 Å². The first-order valence-corrected chi connectivity index (χ1v) is 8.36. The molecule has 0 bridgehead atoms. The Kier molecular flexibility index (Phi) is 11.4. The zero-order valence-electron chi connectivity index (χ0n) is 14.4. The number of nitrogens with zero attached hydrogens (tertiary/aromatic N) is 2. The van der Waals surface area contributed by atoms with Gasteiger partial charge in [-0.05, 0) is 50.8 Å². The summed E-state index contributed by atoms with van der Waals surface area (Å²) in [6.07, 6.45) is 7.36. The van der Waals surface area contributed by atoms with E-state index in [1.54, 1.807) is 0 Å². The monoisotopic (exact) mass is 278 g/mol. The van der Waals surface area contributed by atoms with Crippen LogP contribution >= 0.6 is 0 Å². The van der Waals surface area contributed by atoms with Gasteiger partial charge < -0.3 is 0 Å². The minimum atomic E-state index is 0.762. The molecule has 0 spiro atoms. The van der Waals surface area contributed by atoms with E-state index in [0.29, 0.717) is 0 Å². The Morgan fingerprint density at radius 3 is 2.15 bits per heavy atom. The highest BCUT2D eigenvalue weighted by molar-refractivity contribution is 5.03. The summed E-state index contributed by atoms with van der Waals surface area (Å²) in [6.45, 7) is 11.4. The summed E-state index contributed by atoms with van der Waals surface area (Å²) in [7, 11) is 2.23. The Morgan fingerprint density at radius 1 is 1.05 bits per heavy atom. The molecule has 20 heavy (non-hydrogen) atoms. The third-order valence-electron chi connectivity index (χ3n) is 3.75. The van der Waals surface area contributed by atoms with Gasteiger partial charge in [0.05, 0.1) is 5.69 Å². The molecule has 0 radical (unpaired) electrons. The summed E-state index contributed by atoms with van der Waals surface area (Å²) in [5.41, 5.74) is 1.18. The zero-order chi connectivity index (χ0) is 15.4. The van der Waals surface area contributed by atoms with Gasteiger partial charge in [-0.3, -0.25) is 9.88 Å². The molecule has 1 saturated carbocycles. The van der Waals surface area contributed by atoms with E-state index in [1.807, 2.05) is 40.0 Å². The maximum absolute atomic E-state index is 4.39. The summed E-state index contributed by atoms with van der Waals surface area (Å²) in [6, 6.07) is 6.92. The van der Waals surface area contributed by atoms with Gasteiger partial charge in [-0.1, -0.05) is 40.7 Å². The first-order chi connectivity index (χ1) is 9.75. The highest BCUT2D eigenvalue weighted by Crippen LogP contribution is 2.26. The minimum absolute atomic E-state index is 0.762. The lowest BCUT2D eigenvalue weighted by Gasteiger charge is -2.33. The highest BCUT2D eigenvalue weighted by atomic mass is 15.1. The molecule has 0 aromatic carbocycles. The van der Waals surface area contributed by atoms with E-state index in [-0.39, 0.29) is 0 Å². The molecular weight excluding hydrogens is 244 g/mol. The summed E-state index contributed by atoms with van der Waals surface area (Å²) < 4.78 is 0. The van der Waals surface area contributed by atoms with Crippen LogP contribution in [-0.4, -0.2) is 23.0 Å². The van der Waals surface area contributed by atoms with Crippen LogP contribution in [-0.2, 0) is 6.54 Å². The lowest BCUT2D eigenvalue weighted by atomic mass is 9.87. The Balaban J connectivity index is 0.000000829. The largest absolute Gasteiger partial charge is 0.298 e. The van der Waals surface area contributed by atoms with Crippen LogP contribution in [0.25, 0.3) is 0 Å². The van der Waals surface area contributed by atoms with Gasteiger partial charge in [-0.15, -0.1) is 0 Å². The van der Waals surface area contributed by atoms with E-state index in [4.69, 9.17) is 0 Å². The van der Waals surface area contributed by atoms with Crippen molar-refractivity contribution >= 4 is 0 Å². The average Bonchev–Trinajstić information content (AvgIpc) is 2.53. The van der Waals surface area contributed by atoms with Crippen molar-refractivity contribution in [2.45, 2.75) is 72.9 Å². The van der Waals surface area contributed by atoms with Gasteiger partial charge >= 0.3 is 0 Å². The van der Waals surface area contributed by atoms with Crippen molar-refractivity contribution in [3.05, 3.63) is 30.1 Å². The van der Waals surface area contributed by atoms with Crippen LogP contribution < -0.4 is 0 Å². The second-order valence-corrected chi connectivity index (χ2v) is 5.15. The number of hydrogen-bond donors (Lipinski definition) is 0. The molecule has 2 nitrogen and oxygen atoms in total. The van der Waals surface area contributed by atoms with Crippen molar-refractivity contribution in [3.63, 3.8) is 0 Å². The molecule has 0 unspecified atom stereocenters. The molecular formula is C18H34N2. The summed E-state index contributed by atoms with van der Waals surface area (Å²) >= 11 is 0. The Bertz CT molecular complexity index is 302.